The Morgan fingerprint density at radius 3 is 2.64 bits per heavy atom. The number of carbonyl (C=O) groups excluding carboxylic acids is 1. The topological polar surface area (TPSA) is 90.7 Å². The fraction of sp³-hybridized carbons (Fsp3) is 0.188. The average molecular weight is 369 g/mol. The SMILES string of the molecule is COc1ccc(Cl)cc1NC(=O)[C@@H](C)Oc1cc(F)ccc1[N+](=O)[O-]. The Balaban J connectivity index is 2.18. The lowest BCUT2D eigenvalue weighted by molar-refractivity contribution is -0.386. The van der Waals surface area contributed by atoms with Crippen molar-refractivity contribution in [1.29, 1.82) is 0 Å². The standard InChI is InChI=1S/C16H14ClFN2O5/c1-9(25-15-8-11(18)4-5-13(15)20(22)23)16(21)19-12-7-10(17)3-6-14(12)24-2/h3-9H,1-2H3,(H,19,21)/t9-/m1/s1. The summed E-state index contributed by atoms with van der Waals surface area (Å²) in [6.07, 6.45) is -1.14. The van der Waals surface area contributed by atoms with Gasteiger partial charge < -0.3 is 14.8 Å². The minimum Gasteiger partial charge on any atom is -0.495 e. The van der Waals surface area contributed by atoms with Gasteiger partial charge in [-0.2, -0.15) is 0 Å². The van der Waals surface area contributed by atoms with Crippen molar-refractivity contribution in [1.82, 2.24) is 0 Å². The van der Waals surface area contributed by atoms with E-state index in [1.807, 2.05) is 0 Å². The van der Waals surface area contributed by atoms with Crippen LogP contribution in [0.1, 0.15) is 6.92 Å². The summed E-state index contributed by atoms with van der Waals surface area (Å²) < 4.78 is 23.7. The Bertz CT molecular complexity index is 815. The number of benzene rings is 2. The molecule has 1 N–H and O–H groups in total. The van der Waals surface area contributed by atoms with Crippen LogP contribution in [0, 0.1) is 15.9 Å². The van der Waals surface area contributed by atoms with Gasteiger partial charge >= 0.3 is 5.69 Å². The van der Waals surface area contributed by atoms with Gasteiger partial charge in [-0.1, -0.05) is 11.6 Å². The van der Waals surface area contributed by atoms with Gasteiger partial charge in [-0.3, -0.25) is 14.9 Å². The number of nitrogens with zero attached hydrogens (tertiary/aromatic N) is 1. The molecule has 9 heteroatoms. The van der Waals surface area contributed by atoms with Crippen molar-refractivity contribution in [3.05, 3.63) is 57.4 Å². The molecule has 1 amide bonds. The molecule has 0 aromatic heterocycles. The smallest absolute Gasteiger partial charge is 0.311 e. The van der Waals surface area contributed by atoms with Gasteiger partial charge in [0.2, 0.25) is 5.75 Å². The largest absolute Gasteiger partial charge is 0.495 e. The number of nitro groups is 1. The van der Waals surface area contributed by atoms with Crippen molar-refractivity contribution in [2.24, 2.45) is 0 Å². The second-order valence-corrected chi connectivity index (χ2v) is 5.40. The third-order valence-electron chi connectivity index (χ3n) is 3.21. The molecule has 0 fully saturated rings. The maximum Gasteiger partial charge on any atom is 0.311 e. The maximum absolute atomic E-state index is 13.3. The number of nitrogens with one attached hydrogen (secondary N) is 1. The summed E-state index contributed by atoms with van der Waals surface area (Å²) in [6.45, 7) is 1.38. The Kier molecular flexibility index (Phi) is 5.76. The zero-order valence-corrected chi connectivity index (χ0v) is 14.0. The molecule has 2 rings (SSSR count). The first-order valence-electron chi connectivity index (χ1n) is 7.07. The number of nitro benzene ring substituents is 1. The first-order valence-corrected chi connectivity index (χ1v) is 7.44. The summed E-state index contributed by atoms with van der Waals surface area (Å²) in [5.74, 6) is -1.30. The second-order valence-electron chi connectivity index (χ2n) is 4.96. The summed E-state index contributed by atoms with van der Waals surface area (Å²) >= 11 is 5.88. The van der Waals surface area contributed by atoms with Crippen LogP contribution in [-0.4, -0.2) is 24.0 Å². The molecule has 0 saturated heterocycles. The molecule has 0 spiro atoms. The molecular formula is C16H14ClFN2O5. The van der Waals surface area contributed by atoms with Crippen molar-refractivity contribution in [3.63, 3.8) is 0 Å². The summed E-state index contributed by atoms with van der Waals surface area (Å²) in [5, 5.41) is 13.9. The van der Waals surface area contributed by atoms with Crippen molar-refractivity contribution >= 4 is 28.9 Å². The third kappa shape index (κ3) is 4.57. The minimum absolute atomic E-state index is 0.309. The molecule has 0 bridgehead atoms. The summed E-state index contributed by atoms with van der Waals surface area (Å²) in [7, 11) is 1.43. The van der Waals surface area contributed by atoms with E-state index in [-0.39, 0.29) is 5.75 Å². The molecule has 7 nitrogen and oxygen atoms in total. The number of rotatable bonds is 6. The molecule has 0 aliphatic carbocycles. The predicted molar refractivity (Wildman–Crippen MR) is 89.8 cm³/mol. The van der Waals surface area contributed by atoms with Crippen LogP contribution in [0.5, 0.6) is 11.5 Å². The number of carbonyl (C=O) groups is 1. The lowest BCUT2D eigenvalue weighted by atomic mass is 10.2. The molecule has 0 unspecified atom stereocenters. The van der Waals surface area contributed by atoms with Gasteiger partial charge in [0.1, 0.15) is 11.6 Å². The number of halogens is 2. The lowest BCUT2D eigenvalue weighted by Gasteiger charge is -2.16. The molecule has 0 aliphatic heterocycles. The van der Waals surface area contributed by atoms with Crippen molar-refractivity contribution in [2.75, 3.05) is 12.4 Å². The summed E-state index contributed by atoms with van der Waals surface area (Å²) in [5.41, 5.74) is -0.134. The fourth-order valence-corrected chi connectivity index (χ4v) is 2.16. The fourth-order valence-electron chi connectivity index (χ4n) is 1.99. The van der Waals surface area contributed by atoms with Gasteiger partial charge in [0.15, 0.2) is 6.10 Å². The highest BCUT2D eigenvalue weighted by molar-refractivity contribution is 6.31. The van der Waals surface area contributed by atoms with Gasteiger partial charge in [0.25, 0.3) is 5.91 Å². The Hall–Kier alpha value is -2.87. The molecule has 2 aromatic carbocycles. The number of hydrogen-bond acceptors (Lipinski definition) is 5. The highest BCUT2D eigenvalue weighted by Crippen LogP contribution is 2.30. The van der Waals surface area contributed by atoms with Crippen molar-refractivity contribution in [2.45, 2.75) is 13.0 Å². The molecule has 0 radical (unpaired) electrons. The highest BCUT2D eigenvalue weighted by Gasteiger charge is 2.22. The van der Waals surface area contributed by atoms with E-state index < -0.39 is 28.4 Å². The van der Waals surface area contributed by atoms with E-state index in [1.54, 1.807) is 12.1 Å². The van der Waals surface area contributed by atoms with Gasteiger partial charge in [-0.25, -0.2) is 4.39 Å². The summed E-state index contributed by atoms with van der Waals surface area (Å²) in [6, 6.07) is 7.40. The van der Waals surface area contributed by atoms with E-state index in [2.05, 4.69) is 5.32 Å². The molecule has 132 valence electrons. The third-order valence-corrected chi connectivity index (χ3v) is 3.45. The van der Waals surface area contributed by atoms with Crippen molar-refractivity contribution in [3.8, 4) is 11.5 Å². The molecule has 1 atom stereocenters. The van der Waals surface area contributed by atoms with E-state index >= 15 is 0 Å². The normalized spacial score (nSPS) is 11.5. The van der Waals surface area contributed by atoms with Gasteiger partial charge in [0, 0.05) is 17.2 Å². The zero-order chi connectivity index (χ0) is 18.6. The van der Waals surface area contributed by atoms with Gasteiger partial charge in [-0.15, -0.1) is 0 Å². The van der Waals surface area contributed by atoms with E-state index in [0.29, 0.717) is 16.5 Å². The van der Waals surface area contributed by atoms with Crippen LogP contribution in [0.15, 0.2) is 36.4 Å². The molecule has 0 saturated carbocycles. The zero-order valence-electron chi connectivity index (χ0n) is 13.3. The number of anilines is 1. The van der Waals surface area contributed by atoms with Crippen LogP contribution in [0.2, 0.25) is 5.02 Å². The lowest BCUT2D eigenvalue weighted by Crippen LogP contribution is -2.30. The first kappa shape index (κ1) is 18.5. The molecule has 25 heavy (non-hydrogen) atoms. The molecule has 0 aliphatic rings. The molecule has 2 aromatic rings. The van der Waals surface area contributed by atoms with Crippen LogP contribution in [0.25, 0.3) is 0 Å². The maximum atomic E-state index is 13.3. The average Bonchev–Trinajstić information content (AvgIpc) is 2.54. The minimum atomic E-state index is -1.14. The Labute approximate surface area is 147 Å². The Morgan fingerprint density at radius 2 is 2.00 bits per heavy atom. The summed E-state index contributed by atoms with van der Waals surface area (Å²) in [4.78, 5) is 22.5. The van der Waals surface area contributed by atoms with Gasteiger partial charge in [0.05, 0.1) is 17.7 Å². The van der Waals surface area contributed by atoms with Crippen LogP contribution in [-0.2, 0) is 4.79 Å². The molecule has 0 heterocycles. The van der Waals surface area contributed by atoms with Crippen LogP contribution >= 0.6 is 11.6 Å². The predicted octanol–water partition coefficient (Wildman–Crippen LogP) is 3.80. The first-order chi connectivity index (χ1) is 11.8. The monoisotopic (exact) mass is 368 g/mol. The number of hydrogen-bond donors (Lipinski definition) is 1. The second kappa shape index (κ2) is 7.80. The van der Waals surface area contributed by atoms with E-state index in [9.17, 15) is 19.3 Å². The van der Waals surface area contributed by atoms with E-state index in [4.69, 9.17) is 21.1 Å². The van der Waals surface area contributed by atoms with Crippen molar-refractivity contribution < 1.29 is 23.6 Å². The van der Waals surface area contributed by atoms with Gasteiger partial charge in [-0.05, 0) is 31.2 Å². The number of methoxy groups -OCH3 is 1. The molecular weight excluding hydrogens is 355 g/mol. The highest BCUT2D eigenvalue weighted by atomic mass is 35.5. The van der Waals surface area contributed by atoms with E-state index in [1.165, 1.54) is 20.1 Å². The number of amides is 1. The Morgan fingerprint density at radius 1 is 1.28 bits per heavy atom. The van der Waals surface area contributed by atoms with Crippen LogP contribution in [0.4, 0.5) is 15.8 Å². The van der Waals surface area contributed by atoms with E-state index in [0.717, 1.165) is 18.2 Å². The quantitative estimate of drug-likeness (QED) is 0.618. The van der Waals surface area contributed by atoms with Crippen LogP contribution in [0.3, 0.4) is 0 Å². The number of ether oxygens (including phenoxy) is 2. The van der Waals surface area contributed by atoms with Crippen LogP contribution < -0.4 is 14.8 Å².